The predicted octanol–water partition coefficient (Wildman–Crippen LogP) is 1.62. The summed E-state index contributed by atoms with van der Waals surface area (Å²) in [7, 11) is 0. The summed E-state index contributed by atoms with van der Waals surface area (Å²) in [5, 5.41) is 13.0. The Kier molecular flexibility index (Phi) is 1.81. The number of halogens is 1. The molecule has 0 aromatic carbocycles. The van der Waals surface area contributed by atoms with E-state index in [9.17, 15) is 5.11 Å². The molecular formula is C10H13BrN2O. The van der Waals surface area contributed by atoms with Crippen molar-refractivity contribution in [1.82, 2.24) is 9.88 Å². The molecule has 76 valence electrons. The van der Waals surface area contributed by atoms with Crippen LogP contribution in [0.5, 0.6) is 0 Å². The number of nitrogens with zero attached hydrogens (tertiary/aromatic N) is 1. The van der Waals surface area contributed by atoms with Crippen LogP contribution in [0.4, 0.5) is 0 Å². The number of nitrogens with one attached hydrogen (secondary N) is 1. The topological polar surface area (TPSA) is 37.2 Å². The first kappa shape index (κ1) is 8.95. The third-order valence-corrected chi connectivity index (χ3v) is 3.74. The van der Waals surface area contributed by atoms with Gasteiger partial charge in [0.1, 0.15) is 6.23 Å². The van der Waals surface area contributed by atoms with Crippen molar-refractivity contribution < 1.29 is 5.11 Å². The zero-order valence-corrected chi connectivity index (χ0v) is 9.42. The number of fused-ring (bicyclic) bond motifs is 1. The predicted molar refractivity (Wildman–Crippen MR) is 56.8 cm³/mol. The molecule has 1 saturated carbocycles. The van der Waals surface area contributed by atoms with Crippen LogP contribution in [0.25, 0.3) is 0 Å². The molecule has 2 heterocycles. The SMILES string of the molecule is OC1NCC2(CC2)Cn2cc(Br)cc21. The largest absolute Gasteiger partial charge is 0.373 e. The lowest BCUT2D eigenvalue weighted by Gasteiger charge is -2.12. The highest BCUT2D eigenvalue weighted by atomic mass is 79.9. The van der Waals surface area contributed by atoms with Crippen molar-refractivity contribution in [3.63, 3.8) is 0 Å². The number of aromatic nitrogens is 1. The molecule has 0 saturated heterocycles. The van der Waals surface area contributed by atoms with Crippen LogP contribution in [0.15, 0.2) is 16.7 Å². The molecule has 3 rings (SSSR count). The zero-order chi connectivity index (χ0) is 9.76. The van der Waals surface area contributed by atoms with Crippen molar-refractivity contribution in [2.75, 3.05) is 6.54 Å². The highest BCUT2D eigenvalue weighted by Crippen LogP contribution is 2.48. The second kappa shape index (κ2) is 2.84. The van der Waals surface area contributed by atoms with Crippen LogP contribution in [0.2, 0.25) is 0 Å². The molecule has 1 aliphatic heterocycles. The standard InChI is InChI=1S/C10H13BrN2O/c11-7-3-8-9(14)12-5-10(1-2-10)6-13(8)4-7/h3-4,9,12,14H,1-2,5-6H2. The molecule has 0 radical (unpaired) electrons. The molecule has 1 aromatic rings. The number of hydrogen-bond donors (Lipinski definition) is 2. The minimum Gasteiger partial charge on any atom is -0.373 e. The molecule has 2 N–H and O–H groups in total. The van der Waals surface area contributed by atoms with E-state index in [1.54, 1.807) is 0 Å². The van der Waals surface area contributed by atoms with Gasteiger partial charge in [-0.15, -0.1) is 0 Å². The van der Waals surface area contributed by atoms with Crippen LogP contribution in [-0.4, -0.2) is 16.2 Å². The number of aliphatic hydroxyl groups is 1. The van der Waals surface area contributed by atoms with Gasteiger partial charge in [-0.25, -0.2) is 0 Å². The third kappa shape index (κ3) is 1.33. The van der Waals surface area contributed by atoms with Crippen molar-refractivity contribution in [2.45, 2.75) is 25.6 Å². The maximum atomic E-state index is 9.86. The normalized spacial score (nSPS) is 28.6. The van der Waals surface area contributed by atoms with Gasteiger partial charge in [0, 0.05) is 29.2 Å². The van der Waals surface area contributed by atoms with E-state index in [1.807, 2.05) is 6.07 Å². The van der Waals surface area contributed by atoms with Gasteiger partial charge in [-0.2, -0.15) is 0 Å². The van der Waals surface area contributed by atoms with Gasteiger partial charge in [0.2, 0.25) is 0 Å². The first-order valence-corrected chi connectivity index (χ1v) is 5.75. The maximum absolute atomic E-state index is 9.86. The molecule has 1 fully saturated rings. The van der Waals surface area contributed by atoms with Crippen LogP contribution in [0, 0.1) is 5.41 Å². The quantitative estimate of drug-likeness (QED) is 0.741. The van der Waals surface area contributed by atoms with E-state index in [2.05, 4.69) is 32.0 Å². The van der Waals surface area contributed by atoms with Crippen LogP contribution in [-0.2, 0) is 6.54 Å². The van der Waals surface area contributed by atoms with Crippen molar-refractivity contribution in [1.29, 1.82) is 0 Å². The molecule has 0 bridgehead atoms. The highest BCUT2D eigenvalue weighted by Gasteiger charge is 2.44. The van der Waals surface area contributed by atoms with Crippen LogP contribution < -0.4 is 5.32 Å². The molecule has 1 spiro atoms. The molecule has 1 aromatic heterocycles. The minimum atomic E-state index is -0.513. The number of aliphatic hydroxyl groups excluding tert-OH is 1. The van der Waals surface area contributed by atoms with Crippen molar-refractivity contribution >= 4 is 15.9 Å². The van der Waals surface area contributed by atoms with Gasteiger partial charge in [0.05, 0.1) is 5.69 Å². The van der Waals surface area contributed by atoms with E-state index in [0.29, 0.717) is 5.41 Å². The van der Waals surface area contributed by atoms with E-state index in [1.165, 1.54) is 12.8 Å². The van der Waals surface area contributed by atoms with Gasteiger partial charge in [0.25, 0.3) is 0 Å². The monoisotopic (exact) mass is 256 g/mol. The lowest BCUT2D eigenvalue weighted by Crippen LogP contribution is -2.25. The summed E-state index contributed by atoms with van der Waals surface area (Å²) in [5.41, 5.74) is 1.39. The Hall–Kier alpha value is -0.320. The highest BCUT2D eigenvalue weighted by molar-refractivity contribution is 9.10. The fourth-order valence-corrected chi connectivity index (χ4v) is 2.69. The number of rotatable bonds is 0. The summed E-state index contributed by atoms with van der Waals surface area (Å²) in [5.74, 6) is 0. The molecule has 1 atom stereocenters. The molecule has 2 aliphatic rings. The van der Waals surface area contributed by atoms with E-state index < -0.39 is 6.23 Å². The minimum absolute atomic E-state index is 0.421. The molecule has 0 amide bonds. The fraction of sp³-hybridized carbons (Fsp3) is 0.600. The molecule has 14 heavy (non-hydrogen) atoms. The van der Waals surface area contributed by atoms with Crippen molar-refractivity contribution in [2.24, 2.45) is 5.41 Å². The summed E-state index contributed by atoms with van der Waals surface area (Å²) in [6.07, 6.45) is 4.11. The van der Waals surface area contributed by atoms with Gasteiger partial charge in [-0.3, -0.25) is 5.32 Å². The Morgan fingerprint density at radius 3 is 3.07 bits per heavy atom. The van der Waals surface area contributed by atoms with Crippen LogP contribution >= 0.6 is 15.9 Å². The average Bonchev–Trinajstić information content (AvgIpc) is 2.82. The van der Waals surface area contributed by atoms with Crippen molar-refractivity contribution in [3.05, 3.63) is 22.4 Å². The summed E-state index contributed by atoms with van der Waals surface area (Å²) in [4.78, 5) is 0. The summed E-state index contributed by atoms with van der Waals surface area (Å²) in [6, 6.07) is 1.99. The maximum Gasteiger partial charge on any atom is 0.146 e. The second-order valence-corrected chi connectivity index (χ2v) is 5.41. The van der Waals surface area contributed by atoms with Gasteiger partial charge in [-0.1, -0.05) is 0 Å². The van der Waals surface area contributed by atoms with Gasteiger partial charge in [-0.05, 0) is 34.8 Å². The molecule has 1 unspecified atom stereocenters. The van der Waals surface area contributed by atoms with Crippen LogP contribution in [0.1, 0.15) is 24.8 Å². The average molecular weight is 257 g/mol. The third-order valence-electron chi connectivity index (χ3n) is 3.31. The van der Waals surface area contributed by atoms with E-state index in [-0.39, 0.29) is 0 Å². The molecular weight excluding hydrogens is 244 g/mol. The Bertz CT molecular complexity index is 370. The Labute approximate surface area is 91.2 Å². The van der Waals surface area contributed by atoms with Crippen LogP contribution in [0.3, 0.4) is 0 Å². The Morgan fingerprint density at radius 1 is 1.57 bits per heavy atom. The van der Waals surface area contributed by atoms with Crippen molar-refractivity contribution in [3.8, 4) is 0 Å². The first-order valence-electron chi connectivity index (χ1n) is 4.96. The first-order chi connectivity index (χ1) is 6.69. The zero-order valence-electron chi connectivity index (χ0n) is 7.83. The Morgan fingerprint density at radius 2 is 2.36 bits per heavy atom. The molecule has 4 heteroatoms. The second-order valence-electron chi connectivity index (χ2n) is 4.49. The lowest BCUT2D eigenvalue weighted by molar-refractivity contribution is 0.133. The van der Waals surface area contributed by atoms with Gasteiger partial charge < -0.3 is 9.67 Å². The Balaban J connectivity index is 2.01. The van der Waals surface area contributed by atoms with Gasteiger partial charge >= 0.3 is 0 Å². The van der Waals surface area contributed by atoms with E-state index >= 15 is 0 Å². The molecule has 1 aliphatic carbocycles. The summed E-state index contributed by atoms with van der Waals surface area (Å²) >= 11 is 3.44. The lowest BCUT2D eigenvalue weighted by atomic mass is 10.1. The van der Waals surface area contributed by atoms with E-state index in [0.717, 1.165) is 23.3 Å². The summed E-state index contributed by atoms with van der Waals surface area (Å²) < 4.78 is 3.22. The number of hydrogen-bond acceptors (Lipinski definition) is 2. The smallest absolute Gasteiger partial charge is 0.146 e. The summed E-state index contributed by atoms with van der Waals surface area (Å²) in [6.45, 7) is 1.98. The van der Waals surface area contributed by atoms with Gasteiger partial charge in [0.15, 0.2) is 0 Å². The fourth-order valence-electron chi connectivity index (χ4n) is 2.20. The van der Waals surface area contributed by atoms with E-state index in [4.69, 9.17) is 0 Å². The molecule has 3 nitrogen and oxygen atoms in total.